The maximum absolute atomic E-state index is 14.8. The molecule has 0 saturated carbocycles. The van der Waals surface area contributed by atoms with Crippen molar-refractivity contribution in [3.8, 4) is 12.1 Å². The van der Waals surface area contributed by atoms with Crippen molar-refractivity contribution in [1.29, 1.82) is 5.26 Å². The van der Waals surface area contributed by atoms with Crippen molar-refractivity contribution in [1.82, 2.24) is 25.3 Å². The van der Waals surface area contributed by atoms with E-state index < -0.39 is 18.2 Å². The third-order valence-corrected chi connectivity index (χ3v) is 5.84. The van der Waals surface area contributed by atoms with E-state index in [0.29, 0.717) is 25.9 Å². The summed E-state index contributed by atoms with van der Waals surface area (Å²) in [7, 11) is 0. The quantitative estimate of drug-likeness (QED) is 0.359. The highest BCUT2D eigenvalue weighted by atomic mass is 19.1. The Morgan fingerprint density at radius 1 is 1.21 bits per heavy atom. The number of nitriles is 1. The zero-order valence-electron chi connectivity index (χ0n) is 20.5. The molecule has 2 atom stereocenters. The van der Waals surface area contributed by atoms with Gasteiger partial charge in [0.25, 0.3) is 17.8 Å². The molecule has 38 heavy (non-hydrogen) atoms. The number of pyridine rings is 1. The molecule has 4 heterocycles. The van der Waals surface area contributed by atoms with E-state index in [4.69, 9.17) is 14.4 Å². The number of hydrogen-bond donors (Lipinski definition) is 2. The Hall–Kier alpha value is -4.60. The Kier molecular flexibility index (Phi) is 9.12. The lowest BCUT2D eigenvalue weighted by Gasteiger charge is -2.33. The van der Waals surface area contributed by atoms with Crippen LogP contribution < -0.4 is 20.3 Å². The molecule has 0 radical (unpaired) electrons. The molecule has 2 amide bonds. The topological polar surface area (TPSA) is 159 Å². The second kappa shape index (κ2) is 13.1. The van der Waals surface area contributed by atoms with E-state index in [1.165, 1.54) is 37.1 Å². The van der Waals surface area contributed by atoms with Crippen molar-refractivity contribution < 1.29 is 23.1 Å². The van der Waals surface area contributed by atoms with Gasteiger partial charge >= 0.3 is 6.01 Å². The molecule has 0 bridgehead atoms. The molecular formula is C25H27FN8O4. The molecule has 3 aromatic heterocycles. The Labute approximate surface area is 218 Å². The number of ether oxygens (including phenoxy) is 1. The van der Waals surface area contributed by atoms with E-state index in [9.17, 15) is 14.0 Å². The van der Waals surface area contributed by atoms with Crippen LogP contribution in [-0.2, 0) is 0 Å². The summed E-state index contributed by atoms with van der Waals surface area (Å²) in [6.07, 6.45) is 8.16. The fraction of sp³-hybridized carbons (Fsp3) is 0.400. The van der Waals surface area contributed by atoms with Gasteiger partial charge in [0.2, 0.25) is 0 Å². The van der Waals surface area contributed by atoms with Gasteiger partial charge in [0.1, 0.15) is 12.4 Å². The molecule has 0 spiro atoms. The van der Waals surface area contributed by atoms with Crippen molar-refractivity contribution in [3.05, 3.63) is 54.4 Å². The van der Waals surface area contributed by atoms with Gasteiger partial charge in [-0.3, -0.25) is 14.6 Å². The zero-order chi connectivity index (χ0) is 26.7. The smallest absolute Gasteiger partial charge is 0.316 e. The largest absolute Gasteiger partial charge is 0.457 e. The molecule has 1 aliphatic rings. The summed E-state index contributed by atoms with van der Waals surface area (Å²) in [5.41, 5.74) is 0.444. The van der Waals surface area contributed by atoms with E-state index in [-0.39, 0.29) is 41.4 Å². The molecule has 0 aliphatic carbocycles. The molecule has 198 valence electrons. The van der Waals surface area contributed by atoms with Gasteiger partial charge in [-0.25, -0.2) is 14.4 Å². The summed E-state index contributed by atoms with van der Waals surface area (Å²) in [4.78, 5) is 43.1. The standard InChI is InChI=1S/C25H27FN8O4/c26-18-15-34(13-7-21(18)38-24-30-10-5-11-31-24)25-33-20(16-37-25)23(36)32-19-6-12-28-14-17(19)22(35)29-9-4-2-1-3-8-27/h5-6,10-12,14,16,18,21H,1-4,7,9,13,15H2,(H,29,35)(H,28,32,36)/t18-,21+/m0/s1. The molecule has 2 N–H and O–H groups in total. The highest BCUT2D eigenvalue weighted by Crippen LogP contribution is 2.24. The molecule has 12 nitrogen and oxygen atoms in total. The molecule has 0 aromatic carbocycles. The van der Waals surface area contributed by atoms with Gasteiger partial charge in [-0.15, -0.1) is 0 Å². The zero-order valence-corrected chi connectivity index (χ0v) is 20.5. The highest BCUT2D eigenvalue weighted by molar-refractivity contribution is 6.08. The number of hydrogen-bond acceptors (Lipinski definition) is 10. The fourth-order valence-corrected chi connectivity index (χ4v) is 3.86. The highest BCUT2D eigenvalue weighted by Gasteiger charge is 2.33. The predicted octanol–water partition coefficient (Wildman–Crippen LogP) is 2.92. The van der Waals surface area contributed by atoms with Crippen LogP contribution in [0, 0.1) is 11.3 Å². The number of oxazole rings is 1. The first kappa shape index (κ1) is 26.5. The summed E-state index contributed by atoms with van der Waals surface area (Å²) < 4.78 is 25.8. The van der Waals surface area contributed by atoms with E-state index in [2.05, 4.69) is 36.6 Å². The molecule has 0 unspecified atom stereocenters. The van der Waals surface area contributed by atoms with Crippen molar-refractivity contribution in [2.75, 3.05) is 29.9 Å². The number of carbonyl (C=O) groups excluding carboxylic acids is 2. The Balaban J connectivity index is 1.31. The number of carbonyl (C=O) groups is 2. The molecular weight excluding hydrogens is 495 g/mol. The average molecular weight is 523 g/mol. The maximum atomic E-state index is 14.8. The molecule has 13 heteroatoms. The van der Waals surface area contributed by atoms with Crippen LogP contribution in [0.2, 0.25) is 0 Å². The number of rotatable bonds is 11. The van der Waals surface area contributed by atoms with Crippen LogP contribution in [0.3, 0.4) is 0 Å². The van der Waals surface area contributed by atoms with Gasteiger partial charge in [-0.2, -0.15) is 10.2 Å². The van der Waals surface area contributed by atoms with Gasteiger partial charge in [0.15, 0.2) is 11.9 Å². The molecule has 1 fully saturated rings. The normalized spacial score (nSPS) is 16.9. The number of halogens is 1. The van der Waals surface area contributed by atoms with Gasteiger partial charge < -0.3 is 24.7 Å². The van der Waals surface area contributed by atoms with Crippen LogP contribution in [0.15, 0.2) is 47.6 Å². The number of piperidine rings is 1. The molecule has 3 aromatic rings. The van der Waals surface area contributed by atoms with E-state index >= 15 is 0 Å². The SMILES string of the molecule is N#CCCCCCNC(=O)c1cnccc1NC(=O)c1coc(N2CC[C@@H](Oc3ncccn3)[C@@H](F)C2)n1. The Morgan fingerprint density at radius 3 is 2.84 bits per heavy atom. The number of unbranched alkanes of at least 4 members (excludes halogenated alkanes) is 3. The first-order chi connectivity index (χ1) is 18.5. The summed E-state index contributed by atoms with van der Waals surface area (Å²) in [6.45, 7) is 0.795. The number of alkyl halides is 1. The van der Waals surface area contributed by atoms with Crippen molar-refractivity contribution in [3.63, 3.8) is 0 Å². The predicted molar refractivity (Wildman–Crippen MR) is 133 cm³/mol. The van der Waals surface area contributed by atoms with Crippen LogP contribution in [0.1, 0.15) is 53.0 Å². The summed E-state index contributed by atoms with van der Waals surface area (Å²) in [5, 5.41) is 14.0. The molecule has 4 rings (SSSR count). The lowest BCUT2D eigenvalue weighted by atomic mass is 10.1. The second-order valence-electron chi connectivity index (χ2n) is 8.55. The first-order valence-electron chi connectivity index (χ1n) is 12.2. The summed E-state index contributed by atoms with van der Waals surface area (Å²) in [6, 6.07) is 5.46. The molecule has 1 aliphatic heterocycles. The summed E-state index contributed by atoms with van der Waals surface area (Å²) >= 11 is 0. The van der Waals surface area contributed by atoms with Crippen LogP contribution >= 0.6 is 0 Å². The van der Waals surface area contributed by atoms with Crippen molar-refractivity contribution in [2.24, 2.45) is 0 Å². The Bertz CT molecular complexity index is 1270. The van der Waals surface area contributed by atoms with E-state index in [0.717, 1.165) is 19.3 Å². The Morgan fingerprint density at radius 2 is 2.05 bits per heavy atom. The van der Waals surface area contributed by atoms with Crippen LogP contribution in [0.5, 0.6) is 6.01 Å². The maximum Gasteiger partial charge on any atom is 0.316 e. The minimum Gasteiger partial charge on any atom is -0.457 e. The lowest BCUT2D eigenvalue weighted by Crippen LogP contribution is -2.47. The fourth-order valence-electron chi connectivity index (χ4n) is 3.86. The monoisotopic (exact) mass is 522 g/mol. The van der Waals surface area contributed by atoms with Gasteiger partial charge in [0.05, 0.1) is 23.9 Å². The number of nitrogens with one attached hydrogen (secondary N) is 2. The first-order valence-corrected chi connectivity index (χ1v) is 12.2. The minimum absolute atomic E-state index is 0.0212. The third-order valence-electron chi connectivity index (χ3n) is 5.84. The summed E-state index contributed by atoms with van der Waals surface area (Å²) in [5.74, 6) is -0.970. The van der Waals surface area contributed by atoms with Crippen LogP contribution in [0.4, 0.5) is 16.1 Å². The van der Waals surface area contributed by atoms with Gasteiger partial charge in [-0.1, -0.05) is 6.42 Å². The number of amides is 2. The average Bonchev–Trinajstić information content (AvgIpc) is 3.43. The van der Waals surface area contributed by atoms with Gasteiger partial charge in [0, 0.05) is 50.7 Å². The number of aromatic nitrogens is 4. The number of anilines is 2. The van der Waals surface area contributed by atoms with E-state index in [1.807, 2.05) is 0 Å². The molecule has 1 saturated heterocycles. The lowest BCUT2D eigenvalue weighted by molar-refractivity contribution is 0.0723. The number of nitrogens with zero attached hydrogens (tertiary/aromatic N) is 6. The van der Waals surface area contributed by atoms with Gasteiger partial charge in [-0.05, 0) is 25.0 Å². The second-order valence-corrected chi connectivity index (χ2v) is 8.55. The van der Waals surface area contributed by atoms with Crippen LogP contribution in [-0.4, -0.2) is 63.7 Å². The van der Waals surface area contributed by atoms with Crippen LogP contribution in [0.25, 0.3) is 0 Å². The van der Waals surface area contributed by atoms with Crippen molar-refractivity contribution in [2.45, 2.75) is 44.4 Å². The van der Waals surface area contributed by atoms with E-state index in [1.54, 1.807) is 11.0 Å². The third kappa shape index (κ3) is 7.00. The van der Waals surface area contributed by atoms with Crippen molar-refractivity contribution >= 4 is 23.5 Å². The minimum atomic E-state index is -1.35.